The fourth-order valence-corrected chi connectivity index (χ4v) is 4.94. The van der Waals surface area contributed by atoms with Crippen molar-refractivity contribution in [1.82, 2.24) is 29.7 Å². The Kier molecular flexibility index (Phi) is 5.64. The van der Waals surface area contributed by atoms with E-state index in [-0.39, 0.29) is 12.1 Å². The Balaban J connectivity index is 1.61. The molecule has 5 heterocycles. The van der Waals surface area contributed by atoms with Crippen LogP contribution in [0.3, 0.4) is 0 Å². The van der Waals surface area contributed by atoms with Crippen LogP contribution in [-0.4, -0.2) is 29.5 Å². The van der Waals surface area contributed by atoms with Gasteiger partial charge in [-0.05, 0) is 80.0 Å². The molecular weight excluding hydrogens is 428 g/mol. The predicted octanol–water partition coefficient (Wildman–Crippen LogP) is 4.76. The maximum Gasteiger partial charge on any atom is 0.170 e. The molecule has 1 aliphatic rings. The van der Waals surface area contributed by atoms with Crippen LogP contribution in [0.2, 0.25) is 0 Å². The predicted molar refractivity (Wildman–Crippen MR) is 133 cm³/mol. The minimum atomic E-state index is -0.0599. The molecule has 4 aromatic rings. The molecular formula is C26H26N6S. The van der Waals surface area contributed by atoms with Crippen LogP contribution >= 0.6 is 12.2 Å². The molecule has 1 aliphatic heterocycles. The first-order valence-corrected chi connectivity index (χ1v) is 11.4. The molecule has 0 aliphatic carbocycles. The van der Waals surface area contributed by atoms with Crippen LogP contribution < -0.4 is 5.32 Å². The second-order valence-corrected chi connectivity index (χ2v) is 8.86. The molecule has 5 rings (SSSR count). The Morgan fingerprint density at radius 1 is 0.970 bits per heavy atom. The van der Waals surface area contributed by atoms with Crippen molar-refractivity contribution in [3.05, 3.63) is 107 Å². The van der Waals surface area contributed by atoms with Gasteiger partial charge in [-0.15, -0.1) is 0 Å². The normalized spacial score (nSPS) is 17.9. The Hall–Kier alpha value is -3.58. The van der Waals surface area contributed by atoms with Crippen molar-refractivity contribution >= 4 is 17.3 Å². The van der Waals surface area contributed by atoms with E-state index in [1.165, 1.54) is 5.56 Å². The summed E-state index contributed by atoms with van der Waals surface area (Å²) in [4.78, 5) is 15.9. The van der Waals surface area contributed by atoms with Crippen molar-refractivity contribution in [3.8, 4) is 5.82 Å². The Morgan fingerprint density at radius 2 is 1.85 bits per heavy atom. The van der Waals surface area contributed by atoms with E-state index in [0.29, 0.717) is 6.54 Å². The smallest absolute Gasteiger partial charge is 0.170 e. The summed E-state index contributed by atoms with van der Waals surface area (Å²) in [5, 5.41) is 4.26. The van der Waals surface area contributed by atoms with Crippen LogP contribution in [0.25, 0.3) is 5.82 Å². The average molecular weight is 455 g/mol. The highest BCUT2D eigenvalue weighted by Gasteiger charge is 2.41. The van der Waals surface area contributed by atoms with Crippen LogP contribution in [0.1, 0.15) is 45.9 Å². The van der Waals surface area contributed by atoms with Crippen molar-refractivity contribution in [3.63, 3.8) is 0 Å². The van der Waals surface area contributed by atoms with Gasteiger partial charge in [0.05, 0.1) is 17.8 Å². The number of nitrogens with one attached hydrogen (secondary N) is 1. The maximum absolute atomic E-state index is 5.83. The molecule has 7 heteroatoms. The molecule has 2 atom stereocenters. The van der Waals surface area contributed by atoms with Crippen LogP contribution in [0.5, 0.6) is 0 Å². The van der Waals surface area contributed by atoms with E-state index < -0.39 is 0 Å². The van der Waals surface area contributed by atoms with E-state index in [1.54, 1.807) is 6.20 Å². The SMILES string of the molecule is Cc1ccc(-n2c(C)cc([C@@H]3[C@@H](c4ccccn4)NC(=S)N3Cc3cccnc3)c2C)nc1. The molecule has 4 aromatic heterocycles. The van der Waals surface area contributed by atoms with Crippen LogP contribution in [0, 0.1) is 20.8 Å². The number of nitrogens with zero attached hydrogens (tertiary/aromatic N) is 5. The number of pyridine rings is 3. The topological polar surface area (TPSA) is 58.9 Å². The summed E-state index contributed by atoms with van der Waals surface area (Å²) in [5.41, 5.74) is 6.72. The van der Waals surface area contributed by atoms with Crippen LogP contribution in [0.4, 0.5) is 0 Å². The van der Waals surface area contributed by atoms with Gasteiger partial charge >= 0.3 is 0 Å². The average Bonchev–Trinajstić information content (AvgIpc) is 3.31. The lowest BCUT2D eigenvalue weighted by Gasteiger charge is -2.28. The highest BCUT2D eigenvalue weighted by Crippen LogP contribution is 2.42. The van der Waals surface area contributed by atoms with Gasteiger partial charge in [0.1, 0.15) is 5.82 Å². The molecule has 1 saturated heterocycles. The monoisotopic (exact) mass is 454 g/mol. The maximum atomic E-state index is 5.83. The number of hydrogen-bond donors (Lipinski definition) is 1. The highest BCUT2D eigenvalue weighted by molar-refractivity contribution is 7.80. The van der Waals surface area contributed by atoms with Gasteiger partial charge in [-0.1, -0.05) is 18.2 Å². The number of thiocarbonyl (C=S) groups is 1. The highest BCUT2D eigenvalue weighted by atomic mass is 32.1. The fourth-order valence-electron chi connectivity index (χ4n) is 4.63. The molecule has 1 fully saturated rings. The third kappa shape index (κ3) is 4.00. The van der Waals surface area contributed by atoms with Crippen LogP contribution in [0.15, 0.2) is 73.3 Å². The van der Waals surface area contributed by atoms with Gasteiger partial charge in [0.2, 0.25) is 0 Å². The first-order chi connectivity index (χ1) is 16.0. The summed E-state index contributed by atoms with van der Waals surface area (Å²) >= 11 is 5.83. The Morgan fingerprint density at radius 3 is 2.55 bits per heavy atom. The number of aryl methyl sites for hydroxylation is 2. The molecule has 0 amide bonds. The quantitative estimate of drug-likeness (QED) is 0.439. The zero-order valence-electron chi connectivity index (χ0n) is 18.9. The van der Waals surface area contributed by atoms with E-state index in [1.807, 2.05) is 36.8 Å². The minimum Gasteiger partial charge on any atom is -0.352 e. The van der Waals surface area contributed by atoms with E-state index in [2.05, 4.69) is 80.8 Å². The summed E-state index contributed by atoms with van der Waals surface area (Å²) in [6.07, 6.45) is 7.43. The van der Waals surface area contributed by atoms with Gasteiger partial charge in [-0.2, -0.15) is 0 Å². The molecule has 0 unspecified atom stereocenters. The molecule has 6 nitrogen and oxygen atoms in total. The molecule has 0 radical (unpaired) electrons. The lowest BCUT2D eigenvalue weighted by Crippen LogP contribution is -2.29. The van der Waals surface area contributed by atoms with E-state index in [9.17, 15) is 0 Å². The molecule has 0 bridgehead atoms. The van der Waals surface area contributed by atoms with Gasteiger partial charge in [0.25, 0.3) is 0 Å². The van der Waals surface area contributed by atoms with E-state index in [4.69, 9.17) is 12.2 Å². The summed E-state index contributed by atoms with van der Waals surface area (Å²) in [6.45, 7) is 7.00. The van der Waals surface area contributed by atoms with E-state index in [0.717, 1.165) is 39.1 Å². The summed E-state index contributed by atoms with van der Waals surface area (Å²) < 4.78 is 2.22. The molecule has 33 heavy (non-hydrogen) atoms. The first-order valence-electron chi connectivity index (χ1n) is 11.0. The second kappa shape index (κ2) is 8.75. The number of rotatable bonds is 5. The number of hydrogen-bond acceptors (Lipinski definition) is 4. The van der Waals surface area contributed by atoms with Crippen molar-refractivity contribution < 1.29 is 0 Å². The van der Waals surface area contributed by atoms with Crippen molar-refractivity contribution in [2.45, 2.75) is 39.4 Å². The zero-order chi connectivity index (χ0) is 22.9. The standard InChI is InChI=1S/C26H26N6S/c1-17-9-10-23(29-14-17)32-18(2)13-21(19(32)3)25-24(22-8-4-5-12-28-22)30-26(33)31(25)16-20-7-6-11-27-15-20/h4-15,24-25H,16H2,1-3H3,(H,30,33)/t24-,25-/m1/s1. The van der Waals surface area contributed by atoms with Gasteiger partial charge in [-0.25, -0.2) is 4.98 Å². The molecule has 166 valence electrons. The third-order valence-corrected chi connectivity index (χ3v) is 6.54. The summed E-state index contributed by atoms with van der Waals surface area (Å²) in [5.74, 6) is 0.920. The van der Waals surface area contributed by atoms with Gasteiger partial charge in [-0.3, -0.25) is 9.97 Å². The third-order valence-electron chi connectivity index (χ3n) is 6.19. The Labute approximate surface area is 199 Å². The fraction of sp³-hybridized carbons (Fsp3) is 0.231. The minimum absolute atomic E-state index is 0.0157. The van der Waals surface area contributed by atoms with Crippen LogP contribution in [-0.2, 0) is 6.54 Å². The lowest BCUT2D eigenvalue weighted by molar-refractivity contribution is 0.310. The van der Waals surface area contributed by atoms with Crippen molar-refractivity contribution in [1.29, 1.82) is 0 Å². The molecule has 0 saturated carbocycles. The summed E-state index contributed by atoms with van der Waals surface area (Å²) in [6, 6.07) is 16.4. The zero-order valence-corrected chi connectivity index (χ0v) is 19.8. The van der Waals surface area contributed by atoms with Gasteiger partial charge in [0.15, 0.2) is 5.11 Å². The molecule has 0 spiro atoms. The van der Waals surface area contributed by atoms with Gasteiger partial charge < -0.3 is 14.8 Å². The summed E-state index contributed by atoms with van der Waals surface area (Å²) in [7, 11) is 0. The largest absolute Gasteiger partial charge is 0.352 e. The van der Waals surface area contributed by atoms with Gasteiger partial charge in [0, 0.05) is 42.7 Å². The second-order valence-electron chi connectivity index (χ2n) is 8.47. The lowest BCUT2D eigenvalue weighted by atomic mass is 9.96. The Bertz CT molecular complexity index is 1270. The molecule has 0 aromatic carbocycles. The first kappa shape index (κ1) is 21.3. The number of aromatic nitrogens is 4. The molecule has 1 N–H and O–H groups in total. The van der Waals surface area contributed by atoms with E-state index >= 15 is 0 Å². The van der Waals surface area contributed by atoms with Crippen molar-refractivity contribution in [2.24, 2.45) is 0 Å². The van der Waals surface area contributed by atoms with Crippen molar-refractivity contribution in [2.75, 3.05) is 0 Å².